The van der Waals surface area contributed by atoms with Crippen LogP contribution in [0.25, 0.3) is 6.08 Å². The van der Waals surface area contributed by atoms with Gasteiger partial charge in [-0.1, -0.05) is 6.07 Å². The maximum Gasteiger partial charge on any atom is 0.283 e. The molecule has 148 valence electrons. The van der Waals surface area contributed by atoms with E-state index in [9.17, 15) is 9.59 Å². The van der Waals surface area contributed by atoms with E-state index in [1.165, 1.54) is 16.8 Å². The first-order valence-electron chi connectivity index (χ1n) is 9.25. The van der Waals surface area contributed by atoms with Gasteiger partial charge in [-0.15, -0.1) is 0 Å². The lowest BCUT2D eigenvalue weighted by molar-refractivity contribution is -0.128. The second kappa shape index (κ2) is 7.03. The van der Waals surface area contributed by atoms with Crippen LogP contribution in [0.1, 0.15) is 24.8 Å². The smallest absolute Gasteiger partial charge is 0.283 e. The molecule has 1 N–H and O–H groups in total. The number of rotatable bonds is 3. The normalized spacial score (nSPS) is 21.6. The molecule has 1 aromatic carbocycles. The highest BCUT2D eigenvalue weighted by Gasteiger charge is 2.36. The van der Waals surface area contributed by atoms with Gasteiger partial charge in [-0.25, -0.2) is 0 Å². The first kappa shape index (κ1) is 17.9. The molecule has 0 saturated carbocycles. The molecule has 0 atom stereocenters. The van der Waals surface area contributed by atoms with E-state index in [1.807, 2.05) is 4.90 Å². The standard InChI is InChI=1S/C19H17N5O4S/c20-17-12(7-11-3-4-13-14(8-11)28-10-27-13)18(26)21-19-24(17)22-15(29-19)9-16(25)23-5-1-2-6-23/h3-4,7-8,20H,1-2,5-6,9-10H2. The monoisotopic (exact) mass is 411 g/mol. The van der Waals surface area contributed by atoms with Crippen LogP contribution >= 0.6 is 11.8 Å². The fourth-order valence-corrected chi connectivity index (χ4v) is 4.36. The molecule has 10 heteroatoms. The number of hydrogen-bond donors (Lipinski definition) is 1. The van der Waals surface area contributed by atoms with Crippen molar-refractivity contribution < 1.29 is 19.1 Å². The van der Waals surface area contributed by atoms with Crippen LogP contribution in [0.4, 0.5) is 0 Å². The molecule has 0 radical (unpaired) electrons. The Morgan fingerprint density at radius 2 is 2.03 bits per heavy atom. The molecule has 1 aromatic rings. The topological polar surface area (TPSA) is 108 Å². The molecule has 0 unspecified atom stereocenters. The zero-order chi connectivity index (χ0) is 20.0. The summed E-state index contributed by atoms with van der Waals surface area (Å²) in [6.07, 6.45) is 3.79. The second-order valence-corrected chi connectivity index (χ2v) is 7.93. The molecule has 4 heterocycles. The van der Waals surface area contributed by atoms with Crippen LogP contribution in [0.15, 0.2) is 33.9 Å². The largest absolute Gasteiger partial charge is 0.454 e. The number of likely N-dealkylation sites (tertiary alicyclic amines) is 1. The molecule has 5 rings (SSSR count). The lowest BCUT2D eigenvalue weighted by Crippen LogP contribution is -2.35. The third kappa shape index (κ3) is 3.29. The van der Waals surface area contributed by atoms with Gasteiger partial charge in [-0.2, -0.15) is 15.1 Å². The van der Waals surface area contributed by atoms with Crippen molar-refractivity contribution >= 4 is 45.7 Å². The third-order valence-corrected chi connectivity index (χ3v) is 5.87. The molecular formula is C19H17N5O4S. The molecule has 29 heavy (non-hydrogen) atoms. The fourth-order valence-electron chi connectivity index (χ4n) is 3.48. The molecule has 0 aromatic heterocycles. The number of ether oxygens (including phenoxy) is 2. The van der Waals surface area contributed by atoms with Crippen molar-refractivity contribution in [1.82, 2.24) is 9.91 Å². The Balaban J connectivity index is 1.37. The van der Waals surface area contributed by atoms with Gasteiger partial charge in [0.25, 0.3) is 5.91 Å². The molecule has 4 aliphatic rings. The van der Waals surface area contributed by atoms with E-state index in [-0.39, 0.29) is 30.5 Å². The lowest BCUT2D eigenvalue weighted by Gasteiger charge is -2.20. The van der Waals surface area contributed by atoms with Crippen molar-refractivity contribution in [3.63, 3.8) is 0 Å². The summed E-state index contributed by atoms with van der Waals surface area (Å²) in [6, 6.07) is 5.28. The van der Waals surface area contributed by atoms with Crippen molar-refractivity contribution in [3.8, 4) is 11.5 Å². The van der Waals surface area contributed by atoms with Gasteiger partial charge in [-0.3, -0.25) is 15.0 Å². The molecule has 1 fully saturated rings. The molecule has 1 saturated heterocycles. The Hall–Kier alpha value is -3.14. The number of hydrogen-bond acceptors (Lipinski definition) is 7. The molecule has 0 spiro atoms. The quantitative estimate of drug-likeness (QED) is 0.763. The Morgan fingerprint density at radius 3 is 2.86 bits per heavy atom. The van der Waals surface area contributed by atoms with Crippen LogP contribution in [0.3, 0.4) is 0 Å². The average molecular weight is 411 g/mol. The van der Waals surface area contributed by atoms with Crippen LogP contribution in [0.5, 0.6) is 11.5 Å². The van der Waals surface area contributed by atoms with Gasteiger partial charge in [0.1, 0.15) is 5.04 Å². The van der Waals surface area contributed by atoms with E-state index in [2.05, 4.69) is 10.1 Å². The van der Waals surface area contributed by atoms with Crippen molar-refractivity contribution in [1.29, 1.82) is 5.41 Å². The Kier molecular flexibility index (Phi) is 4.35. The molecular weight excluding hydrogens is 394 g/mol. The summed E-state index contributed by atoms with van der Waals surface area (Å²) in [4.78, 5) is 30.8. The first-order chi connectivity index (χ1) is 14.1. The number of hydrazone groups is 1. The predicted octanol–water partition coefficient (Wildman–Crippen LogP) is 2.05. The summed E-state index contributed by atoms with van der Waals surface area (Å²) in [5, 5.41) is 15.0. The third-order valence-electron chi connectivity index (χ3n) is 4.97. The Labute approximate surface area is 170 Å². The van der Waals surface area contributed by atoms with Gasteiger partial charge in [0.15, 0.2) is 17.3 Å². The number of aliphatic imine (C=N–C) groups is 1. The zero-order valence-electron chi connectivity index (χ0n) is 15.4. The average Bonchev–Trinajstić information content (AvgIpc) is 3.44. The SMILES string of the molecule is N=C1C(=Cc2ccc3c(c2)OCO3)C(=O)N=C2SC(CC(=O)N3CCCC3)=NN12. The van der Waals surface area contributed by atoms with E-state index in [0.717, 1.165) is 25.9 Å². The number of amides is 2. The van der Waals surface area contributed by atoms with Crippen LogP contribution in [0.2, 0.25) is 0 Å². The van der Waals surface area contributed by atoms with Crippen LogP contribution < -0.4 is 9.47 Å². The highest BCUT2D eigenvalue weighted by Crippen LogP contribution is 2.34. The summed E-state index contributed by atoms with van der Waals surface area (Å²) in [5.74, 6) is 0.687. The summed E-state index contributed by atoms with van der Waals surface area (Å²) >= 11 is 1.17. The van der Waals surface area contributed by atoms with E-state index in [0.29, 0.717) is 27.3 Å². The van der Waals surface area contributed by atoms with E-state index in [4.69, 9.17) is 14.9 Å². The summed E-state index contributed by atoms with van der Waals surface area (Å²) < 4.78 is 10.6. The maximum atomic E-state index is 12.5. The predicted molar refractivity (Wildman–Crippen MR) is 108 cm³/mol. The second-order valence-electron chi connectivity index (χ2n) is 6.89. The lowest BCUT2D eigenvalue weighted by atomic mass is 10.1. The van der Waals surface area contributed by atoms with E-state index in [1.54, 1.807) is 24.3 Å². The van der Waals surface area contributed by atoms with Crippen LogP contribution in [-0.2, 0) is 9.59 Å². The minimum atomic E-state index is -0.506. The van der Waals surface area contributed by atoms with E-state index >= 15 is 0 Å². The molecule has 0 aliphatic carbocycles. The number of thioether (sulfide) groups is 1. The van der Waals surface area contributed by atoms with Gasteiger partial charge in [0, 0.05) is 13.1 Å². The van der Waals surface area contributed by atoms with Crippen molar-refractivity contribution in [2.45, 2.75) is 19.3 Å². The number of nitrogens with one attached hydrogen (secondary N) is 1. The highest BCUT2D eigenvalue weighted by atomic mass is 32.2. The van der Waals surface area contributed by atoms with Crippen LogP contribution in [-0.4, -0.2) is 57.7 Å². The Bertz CT molecular complexity index is 1030. The number of benzene rings is 1. The van der Waals surface area contributed by atoms with Gasteiger partial charge < -0.3 is 14.4 Å². The van der Waals surface area contributed by atoms with Gasteiger partial charge >= 0.3 is 0 Å². The Morgan fingerprint density at radius 1 is 1.24 bits per heavy atom. The minimum absolute atomic E-state index is 0.0168. The van der Waals surface area contributed by atoms with Gasteiger partial charge in [0.2, 0.25) is 17.9 Å². The zero-order valence-corrected chi connectivity index (χ0v) is 16.2. The van der Waals surface area contributed by atoms with Crippen molar-refractivity contribution in [3.05, 3.63) is 29.3 Å². The molecule has 2 amide bonds. The summed E-state index contributed by atoms with van der Waals surface area (Å²) in [5.41, 5.74) is 0.824. The first-order valence-corrected chi connectivity index (χ1v) is 10.1. The summed E-state index contributed by atoms with van der Waals surface area (Å²) in [7, 11) is 0. The van der Waals surface area contributed by atoms with Crippen molar-refractivity contribution in [2.75, 3.05) is 19.9 Å². The number of amidine groups is 2. The van der Waals surface area contributed by atoms with Gasteiger partial charge in [0.05, 0.1) is 12.0 Å². The minimum Gasteiger partial charge on any atom is -0.454 e. The number of nitrogens with zero attached hydrogens (tertiary/aromatic N) is 4. The van der Waals surface area contributed by atoms with E-state index < -0.39 is 5.91 Å². The number of fused-ring (bicyclic) bond motifs is 2. The number of carbonyl (C=O) groups is 2. The maximum absolute atomic E-state index is 12.5. The van der Waals surface area contributed by atoms with Gasteiger partial charge in [-0.05, 0) is 48.4 Å². The van der Waals surface area contributed by atoms with Crippen LogP contribution in [0, 0.1) is 5.41 Å². The molecule has 9 nitrogen and oxygen atoms in total. The molecule has 0 bridgehead atoms. The molecule has 4 aliphatic heterocycles. The van der Waals surface area contributed by atoms with Crippen molar-refractivity contribution in [2.24, 2.45) is 10.1 Å². The summed E-state index contributed by atoms with van der Waals surface area (Å²) in [6.45, 7) is 1.72. The highest BCUT2D eigenvalue weighted by molar-refractivity contribution is 8.27. The number of carbonyl (C=O) groups excluding carboxylic acids is 2. The fraction of sp³-hybridized carbons (Fsp3) is 0.316.